The van der Waals surface area contributed by atoms with E-state index in [0.29, 0.717) is 31.9 Å². The van der Waals surface area contributed by atoms with E-state index in [0.717, 1.165) is 65.0 Å². The Bertz CT molecular complexity index is 1170. The number of likely N-dealkylation sites (tertiary alicyclic amines) is 1. The molecule has 2 heterocycles. The highest BCUT2D eigenvalue weighted by Crippen LogP contribution is 2.31. The molecule has 1 saturated heterocycles. The van der Waals surface area contributed by atoms with Gasteiger partial charge in [-0.15, -0.1) is 0 Å². The number of hydrogen-bond donors (Lipinski definition) is 1. The van der Waals surface area contributed by atoms with Gasteiger partial charge in [0.25, 0.3) is 0 Å². The number of aryl methyl sites for hydroxylation is 3. The highest BCUT2D eigenvalue weighted by molar-refractivity contribution is 6.32. The van der Waals surface area contributed by atoms with E-state index in [4.69, 9.17) is 25.8 Å². The number of rotatable bonds is 11. The van der Waals surface area contributed by atoms with E-state index >= 15 is 0 Å². The van der Waals surface area contributed by atoms with Gasteiger partial charge in [0, 0.05) is 36.9 Å². The Morgan fingerprint density at radius 3 is 2.62 bits per heavy atom. The van der Waals surface area contributed by atoms with E-state index in [1.54, 1.807) is 7.11 Å². The maximum atomic E-state index is 11.3. The third-order valence-electron chi connectivity index (χ3n) is 6.89. The summed E-state index contributed by atoms with van der Waals surface area (Å²) in [5.74, 6) is 3.23. The van der Waals surface area contributed by atoms with E-state index in [9.17, 15) is 5.11 Å². The van der Waals surface area contributed by atoms with Gasteiger partial charge in [-0.05, 0) is 74.2 Å². The van der Waals surface area contributed by atoms with Crippen molar-refractivity contribution in [3.8, 4) is 17.2 Å². The molecule has 200 valence electrons. The Labute approximate surface area is 224 Å². The molecule has 0 amide bonds. The highest BCUT2D eigenvalue weighted by atomic mass is 35.5. The second-order valence-corrected chi connectivity index (χ2v) is 10.3. The Morgan fingerprint density at radius 1 is 1.11 bits per heavy atom. The van der Waals surface area contributed by atoms with Crippen molar-refractivity contribution in [3.05, 3.63) is 70.3 Å². The van der Waals surface area contributed by atoms with Crippen molar-refractivity contribution >= 4 is 11.6 Å². The van der Waals surface area contributed by atoms with Crippen LogP contribution in [0, 0.1) is 13.8 Å². The molecule has 1 aliphatic rings. The number of imidazole rings is 1. The summed E-state index contributed by atoms with van der Waals surface area (Å²) in [6.07, 6.45) is 6.31. The van der Waals surface area contributed by atoms with Crippen LogP contribution in [0.1, 0.15) is 42.3 Å². The Morgan fingerprint density at radius 2 is 1.89 bits per heavy atom. The lowest BCUT2D eigenvalue weighted by atomic mass is 9.93. The van der Waals surface area contributed by atoms with Crippen molar-refractivity contribution in [3.63, 3.8) is 0 Å². The van der Waals surface area contributed by atoms with Crippen LogP contribution in [0.4, 0.5) is 0 Å². The van der Waals surface area contributed by atoms with Gasteiger partial charge in [0.2, 0.25) is 0 Å². The van der Waals surface area contributed by atoms with E-state index < -0.39 is 5.60 Å². The molecule has 2 aromatic carbocycles. The summed E-state index contributed by atoms with van der Waals surface area (Å²) in [5.41, 5.74) is 2.16. The summed E-state index contributed by atoms with van der Waals surface area (Å²) >= 11 is 6.28. The lowest BCUT2D eigenvalue weighted by Gasteiger charge is -2.39. The number of aliphatic hydroxyl groups is 1. The third-order valence-corrected chi connectivity index (χ3v) is 7.49. The summed E-state index contributed by atoms with van der Waals surface area (Å²) < 4.78 is 19.8. The molecule has 1 aromatic heterocycles. The fraction of sp³-hybridized carbons (Fsp3) is 0.483. The molecule has 8 heteroatoms. The number of halogens is 1. The highest BCUT2D eigenvalue weighted by Gasteiger charge is 2.34. The van der Waals surface area contributed by atoms with E-state index in [1.807, 2.05) is 50.5 Å². The minimum Gasteiger partial charge on any atom is -0.493 e. The number of piperidine rings is 1. The van der Waals surface area contributed by atoms with Crippen molar-refractivity contribution in [2.24, 2.45) is 0 Å². The molecule has 0 spiro atoms. The Hall–Kier alpha value is -2.74. The molecule has 0 unspecified atom stereocenters. The first-order chi connectivity index (χ1) is 17.8. The van der Waals surface area contributed by atoms with E-state index in [2.05, 4.69) is 27.4 Å². The smallest absolute Gasteiger partial charge is 0.161 e. The molecule has 1 atom stereocenters. The van der Waals surface area contributed by atoms with E-state index in [-0.39, 0.29) is 6.61 Å². The molecule has 4 rings (SSSR count). The summed E-state index contributed by atoms with van der Waals surface area (Å²) in [6, 6.07) is 9.90. The van der Waals surface area contributed by atoms with Crippen LogP contribution in [-0.4, -0.2) is 58.6 Å². The van der Waals surface area contributed by atoms with Crippen LogP contribution in [0.3, 0.4) is 0 Å². The second kappa shape index (κ2) is 12.2. The molecule has 7 nitrogen and oxygen atoms in total. The van der Waals surface area contributed by atoms with Gasteiger partial charge in [-0.1, -0.05) is 24.6 Å². The first kappa shape index (κ1) is 27.3. The molecule has 1 N–H and O–H groups in total. The predicted molar refractivity (Wildman–Crippen MR) is 146 cm³/mol. The number of nitrogens with zero attached hydrogens (tertiary/aromatic N) is 3. The number of methoxy groups -OCH3 is 1. The normalized spacial score (nSPS) is 18.1. The van der Waals surface area contributed by atoms with Gasteiger partial charge < -0.3 is 23.9 Å². The molecule has 3 aromatic rings. The molecule has 1 fully saturated rings. The van der Waals surface area contributed by atoms with Crippen LogP contribution in [-0.2, 0) is 19.5 Å². The monoisotopic (exact) mass is 527 g/mol. The summed E-state index contributed by atoms with van der Waals surface area (Å²) in [5, 5.41) is 12.0. The number of aromatic nitrogens is 2. The average molecular weight is 528 g/mol. The molecule has 37 heavy (non-hydrogen) atoms. The third kappa shape index (κ3) is 6.98. The Kier molecular flexibility index (Phi) is 9.00. The predicted octanol–water partition coefficient (Wildman–Crippen LogP) is 5.21. The minimum absolute atomic E-state index is 0.247. The largest absolute Gasteiger partial charge is 0.493 e. The maximum absolute atomic E-state index is 11.3. The molecular formula is C29H38ClN3O4. The van der Waals surface area contributed by atoms with Crippen LogP contribution in [0.15, 0.2) is 42.7 Å². The quantitative estimate of drug-likeness (QED) is 0.369. The molecule has 0 saturated carbocycles. The van der Waals surface area contributed by atoms with Gasteiger partial charge in [-0.3, -0.25) is 4.90 Å². The summed E-state index contributed by atoms with van der Waals surface area (Å²) in [7, 11) is 1.66. The maximum Gasteiger partial charge on any atom is 0.161 e. The Balaban J connectivity index is 1.33. The fourth-order valence-electron chi connectivity index (χ4n) is 4.97. The van der Waals surface area contributed by atoms with Crippen LogP contribution >= 0.6 is 11.6 Å². The van der Waals surface area contributed by atoms with Gasteiger partial charge in [-0.25, -0.2) is 4.98 Å². The van der Waals surface area contributed by atoms with Gasteiger partial charge in [0.05, 0.1) is 13.7 Å². The lowest BCUT2D eigenvalue weighted by molar-refractivity contribution is -0.0621. The lowest BCUT2D eigenvalue weighted by Crippen LogP contribution is -2.51. The zero-order valence-corrected chi connectivity index (χ0v) is 23.1. The fourth-order valence-corrected chi connectivity index (χ4v) is 5.07. The first-order valence-electron chi connectivity index (χ1n) is 12.9. The second-order valence-electron chi connectivity index (χ2n) is 9.92. The average Bonchev–Trinajstić information content (AvgIpc) is 3.34. The van der Waals surface area contributed by atoms with Gasteiger partial charge in [-0.2, -0.15) is 0 Å². The number of β-amino-alcohol motifs (C(OH)–C–C–N with tert-alkyl or cyclic N) is 1. The number of ether oxygens (including phenoxy) is 3. The zero-order chi connectivity index (χ0) is 26.4. The SMILES string of the molecule is CCc1nccn1CCOc1ccc(CN2CCC[C@](O)(COc3cc(C)c(Cl)c(C)c3)C2)cc1OC. The van der Waals surface area contributed by atoms with Gasteiger partial charge >= 0.3 is 0 Å². The standard InChI is InChI=1S/C29H38ClN3O4/c1-5-27-31-10-12-33(27)13-14-36-25-8-7-23(17-26(25)35-4)18-32-11-6-9-29(34,19-32)20-37-24-15-21(2)28(30)22(3)16-24/h7-8,10,12,15-17,34H,5-6,9,11,13-14,18-20H2,1-4H3/t29-/m1/s1. The molecule has 0 radical (unpaired) electrons. The minimum atomic E-state index is -0.905. The van der Waals surface area contributed by atoms with Crippen molar-refractivity contribution in [2.75, 3.05) is 33.4 Å². The molecule has 0 bridgehead atoms. The van der Waals surface area contributed by atoms with Crippen molar-refractivity contribution < 1.29 is 19.3 Å². The molecule has 1 aliphatic heterocycles. The van der Waals surface area contributed by atoms with Crippen molar-refractivity contribution in [2.45, 2.75) is 58.7 Å². The van der Waals surface area contributed by atoms with Crippen LogP contribution in [0.2, 0.25) is 5.02 Å². The van der Waals surface area contributed by atoms with Crippen LogP contribution in [0.25, 0.3) is 0 Å². The first-order valence-corrected chi connectivity index (χ1v) is 13.3. The molecular weight excluding hydrogens is 490 g/mol. The zero-order valence-electron chi connectivity index (χ0n) is 22.3. The van der Waals surface area contributed by atoms with Crippen molar-refractivity contribution in [1.29, 1.82) is 0 Å². The van der Waals surface area contributed by atoms with E-state index in [1.165, 1.54) is 0 Å². The number of benzene rings is 2. The van der Waals surface area contributed by atoms with Crippen LogP contribution < -0.4 is 14.2 Å². The summed E-state index contributed by atoms with van der Waals surface area (Å²) in [6.45, 7) is 9.72. The topological polar surface area (TPSA) is 69.0 Å². The molecule has 0 aliphatic carbocycles. The van der Waals surface area contributed by atoms with Gasteiger partial charge in [0.1, 0.15) is 30.4 Å². The summed E-state index contributed by atoms with van der Waals surface area (Å²) in [4.78, 5) is 6.63. The number of hydrogen-bond acceptors (Lipinski definition) is 6. The van der Waals surface area contributed by atoms with Crippen LogP contribution in [0.5, 0.6) is 17.2 Å². The van der Waals surface area contributed by atoms with Crippen molar-refractivity contribution in [1.82, 2.24) is 14.5 Å². The van der Waals surface area contributed by atoms with Gasteiger partial charge in [0.15, 0.2) is 11.5 Å².